The molecule has 0 aromatic carbocycles. The van der Waals surface area contributed by atoms with Gasteiger partial charge < -0.3 is 14.2 Å². The summed E-state index contributed by atoms with van der Waals surface area (Å²) in [4.78, 5) is 38.5. The Kier molecular flexibility index (Phi) is 69.1. The molecule has 0 rings (SSSR count). The second kappa shape index (κ2) is 71.6. The topological polar surface area (TPSA) is 78.9 Å². The normalized spacial score (nSPS) is 12.4. The van der Waals surface area contributed by atoms with Gasteiger partial charge >= 0.3 is 17.9 Å². The third-order valence-electron chi connectivity index (χ3n) is 16.5. The van der Waals surface area contributed by atoms with Gasteiger partial charge in [0.2, 0.25) is 0 Å². The lowest BCUT2D eigenvalue weighted by molar-refractivity contribution is -0.167. The summed E-state index contributed by atoms with van der Waals surface area (Å²) in [6, 6.07) is 0. The Bertz CT molecular complexity index is 1470. The van der Waals surface area contributed by atoms with E-state index in [-0.39, 0.29) is 31.1 Å². The molecule has 0 saturated heterocycles. The summed E-state index contributed by atoms with van der Waals surface area (Å²) in [6.45, 7) is 6.68. The zero-order chi connectivity index (χ0) is 59.9. The minimum atomic E-state index is -0.779. The van der Waals surface area contributed by atoms with Crippen molar-refractivity contribution in [2.24, 2.45) is 0 Å². The van der Waals surface area contributed by atoms with Crippen LogP contribution in [0.1, 0.15) is 393 Å². The van der Waals surface area contributed by atoms with Crippen LogP contribution in [0, 0.1) is 0 Å². The smallest absolute Gasteiger partial charge is 0.306 e. The minimum Gasteiger partial charge on any atom is -0.462 e. The molecule has 0 aromatic heterocycles. The van der Waals surface area contributed by atoms with E-state index in [0.717, 1.165) is 77.0 Å². The molecule has 6 nitrogen and oxygen atoms in total. The van der Waals surface area contributed by atoms with Crippen molar-refractivity contribution in [3.05, 3.63) is 60.8 Å². The molecule has 0 aliphatic heterocycles. The molecule has 0 spiro atoms. The van der Waals surface area contributed by atoms with Gasteiger partial charge in [0.05, 0.1) is 0 Å². The van der Waals surface area contributed by atoms with Gasteiger partial charge in [-0.05, 0) is 89.9 Å². The van der Waals surface area contributed by atoms with E-state index in [0.29, 0.717) is 19.3 Å². The van der Waals surface area contributed by atoms with Crippen LogP contribution in [0.25, 0.3) is 0 Å². The number of carbonyl (C=O) groups is 3. The molecule has 6 heteroatoms. The highest BCUT2D eigenvalue weighted by Gasteiger charge is 2.19. The average Bonchev–Trinajstić information content (AvgIpc) is 3.50. The first-order valence-electron chi connectivity index (χ1n) is 36.8. The van der Waals surface area contributed by atoms with Crippen molar-refractivity contribution < 1.29 is 28.6 Å². The lowest BCUT2D eigenvalue weighted by atomic mass is 10.0. The summed E-state index contributed by atoms with van der Waals surface area (Å²) < 4.78 is 17.0. The molecule has 0 amide bonds. The number of rotatable bonds is 68. The second-order valence-corrected chi connectivity index (χ2v) is 24.9. The van der Waals surface area contributed by atoms with Gasteiger partial charge in [-0.15, -0.1) is 0 Å². The molecular weight excluding hydrogens is 1020 g/mol. The first-order valence-corrected chi connectivity index (χ1v) is 36.8. The van der Waals surface area contributed by atoms with Crippen LogP contribution in [0.3, 0.4) is 0 Å². The lowest BCUT2D eigenvalue weighted by Crippen LogP contribution is -2.30. The summed E-state index contributed by atoms with van der Waals surface area (Å²) in [6.07, 6.45) is 92.4. The fourth-order valence-electron chi connectivity index (χ4n) is 11.0. The maximum Gasteiger partial charge on any atom is 0.306 e. The Labute approximate surface area is 517 Å². The van der Waals surface area contributed by atoms with Crippen LogP contribution in [0.15, 0.2) is 60.8 Å². The quantitative estimate of drug-likeness (QED) is 0.0261. The van der Waals surface area contributed by atoms with Gasteiger partial charge in [0, 0.05) is 19.3 Å². The molecule has 0 radical (unpaired) electrons. The van der Waals surface area contributed by atoms with Crippen molar-refractivity contribution >= 4 is 17.9 Å². The molecule has 0 aromatic rings. The highest BCUT2D eigenvalue weighted by atomic mass is 16.6. The highest BCUT2D eigenvalue weighted by Crippen LogP contribution is 2.18. The fraction of sp³-hybridized carbons (Fsp3) is 0.831. The molecule has 83 heavy (non-hydrogen) atoms. The summed E-state index contributed by atoms with van der Waals surface area (Å²) in [5.41, 5.74) is 0. The van der Waals surface area contributed by atoms with Gasteiger partial charge in [0.15, 0.2) is 6.10 Å². The van der Waals surface area contributed by atoms with Crippen molar-refractivity contribution in [2.75, 3.05) is 13.2 Å². The Hall–Kier alpha value is -2.89. The first-order chi connectivity index (χ1) is 41.0. The van der Waals surface area contributed by atoms with E-state index >= 15 is 0 Å². The average molecular weight is 1160 g/mol. The van der Waals surface area contributed by atoms with Crippen molar-refractivity contribution in [3.8, 4) is 0 Å². The van der Waals surface area contributed by atoms with Crippen LogP contribution in [-0.2, 0) is 28.6 Å². The zero-order valence-corrected chi connectivity index (χ0v) is 55.7. The molecule has 0 fully saturated rings. The number of unbranched alkanes of at least 4 members (excludes halogenated alkanes) is 47. The summed E-state index contributed by atoms with van der Waals surface area (Å²) in [7, 11) is 0. The van der Waals surface area contributed by atoms with Crippen molar-refractivity contribution in [2.45, 2.75) is 399 Å². The molecule has 0 heterocycles. The predicted octanol–water partition coefficient (Wildman–Crippen LogP) is 25.5. The Morgan fingerprint density at radius 2 is 0.434 bits per heavy atom. The van der Waals surface area contributed by atoms with Gasteiger partial charge in [-0.1, -0.05) is 345 Å². The summed E-state index contributed by atoms with van der Waals surface area (Å²) in [5, 5.41) is 0. The van der Waals surface area contributed by atoms with E-state index in [1.165, 1.54) is 276 Å². The SMILES string of the molecule is CCCCCCC/C=C\C/C=C\C/C=C\CCCCCCCCCCCCC(=O)OCC(COC(=O)CCCCCCCCCCCCCCCCCCCCC)OC(=O)CCCCCCCCCCC/C=C\C/C=C\CCCCCCC. The van der Waals surface area contributed by atoms with E-state index in [2.05, 4.69) is 81.5 Å². The van der Waals surface area contributed by atoms with Crippen LogP contribution in [0.2, 0.25) is 0 Å². The molecule has 0 aliphatic carbocycles. The van der Waals surface area contributed by atoms with E-state index in [1.807, 2.05) is 0 Å². The van der Waals surface area contributed by atoms with Crippen LogP contribution in [0.5, 0.6) is 0 Å². The fourth-order valence-corrected chi connectivity index (χ4v) is 11.0. The van der Waals surface area contributed by atoms with E-state index in [9.17, 15) is 14.4 Å². The summed E-state index contributed by atoms with van der Waals surface area (Å²) in [5.74, 6) is -0.854. The molecule has 1 unspecified atom stereocenters. The van der Waals surface area contributed by atoms with Crippen LogP contribution >= 0.6 is 0 Å². The summed E-state index contributed by atoms with van der Waals surface area (Å²) >= 11 is 0. The van der Waals surface area contributed by atoms with E-state index in [4.69, 9.17) is 14.2 Å². The predicted molar refractivity (Wildman–Crippen MR) is 362 cm³/mol. The van der Waals surface area contributed by atoms with E-state index in [1.54, 1.807) is 0 Å². The number of esters is 3. The molecule has 0 aliphatic rings. The number of allylic oxidation sites excluding steroid dienone is 10. The molecular formula is C77H140O6. The van der Waals surface area contributed by atoms with Crippen molar-refractivity contribution in [1.82, 2.24) is 0 Å². The molecule has 0 saturated carbocycles. The standard InChI is InChI=1S/C77H140O6/c1-4-7-10-13-16-19-22-25-28-31-34-36-37-38-39-41-43-46-49-52-55-58-61-64-67-70-76(79)82-73-74(72-81-75(78)69-66-63-60-57-54-51-48-45-42-33-30-27-24-21-18-15-12-9-6-3)83-77(80)71-68-65-62-59-56-53-50-47-44-40-35-32-29-26-23-20-17-14-11-8-5-2/h22-23,25-26,31-32,34-35,37-38,74H,4-21,24,27-30,33,36,39-73H2,1-3H3/b25-22-,26-23-,34-31-,35-32-,38-37-. The maximum atomic E-state index is 13.0. The molecule has 1 atom stereocenters. The number of carbonyl (C=O) groups excluding carboxylic acids is 3. The molecule has 0 bridgehead atoms. The number of hydrogen-bond donors (Lipinski definition) is 0. The van der Waals surface area contributed by atoms with Crippen molar-refractivity contribution in [3.63, 3.8) is 0 Å². The first kappa shape index (κ1) is 80.1. The van der Waals surface area contributed by atoms with Gasteiger partial charge in [0.25, 0.3) is 0 Å². The third-order valence-corrected chi connectivity index (χ3v) is 16.5. The Morgan fingerprint density at radius 1 is 0.241 bits per heavy atom. The van der Waals surface area contributed by atoms with Gasteiger partial charge in [-0.25, -0.2) is 0 Å². The lowest BCUT2D eigenvalue weighted by Gasteiger charge is -2.18. The largest absolute Gasteiger partial charge is 0.462 e. The van der Waals surface area contributed by atoms with Crippen LogP contribution in [-0.4, -0.2) is 37.2 Å². The number of ether oxygens (including phenoxy) is 3. The maximum absolute atomic E-state index is 13.0. The van der Waals surface area contributed by atoms with Crippen molar-refractivity contribution in [1.29, 1.82) is 0 Å². The minimum absolute atomic E-state index is 0.0728. The monoisotopic (exact) mass is 1160 g/mol. The van der Waals surface area contributed by atoms with Crippen LogP contribution in [0.4, 0.5) is 0 Å². The highest BCUT2D eigenvalue weighted by molar-refractivity contribution is 5.71. The van der Waals surface area contributed by atoms with Gasteiger partial charge in [-0.2, -0.15) is 0 Å². The molecule has 484 valence electrons. The van der Waals surface area contributed by atoms with Gasteiger partial charge in [-0.3, -0.25) is 14.4 Å². The van der Waals surface area contributed by atoms with Gasteiger partial charge in [0.1, 0.15) is 13.2 Å². The zero-order valence-electron chi connectivity index (χ0n) is 55.7. The third kappa shape index (κ3) is 69.8. The Balaban J connectivity index is 4.34. The molecule has 0 N–H and O–H groups in total. The van der Waals surface area contributed by atoms with Crippen LogP contribution < -0.4 is 0 Å². The van der Waals surface area contributed by atoms with E-state index < -0.39 is 6.10 Å². The second-order valence-electron chi connectivity index (χ2n) is 24.9. The number of hydrogen-bond acceptors (Lipinski definition) is 6. The Morgan fingerprint density at radius 3 is 0.675 bits per heavy atom.